The van der Waals surface area contributed by atoms with Crippen LogP contribution in [0.25, 0.3) is 0 Å². The summed E-state index contributed by atoms with van der Waals surface area (Å²) in [6, 6.07) is 0. The van der Waals surface area contributed by atoms with Crippen LogP contribution in [0.4, 0.5) is 0 Å². The van der Waals surface area contributed by atoms with E-state index in [1.807, 2.05) is 19.0 Å². The van der Waals surface area contributed by atoms with Gasteiger partial charge in [-0.15, -0.1) is 0 Å². The van der Waals surface area contributed by atoms with Crippen LogP contribution < -0.4 is 0 Å². The van der Waals surface area contributed by atoms with Crippen molar-refractivity contribution in [1.29, 1.82) is 0 Å². The smallest absolute Gasteiger partial charge is 0.323 e. The lowest BCUT2D eigenvalue weighted by Gasteiger charge is -2.30. The summed E-state index contributed by atoms with van der Waals surface area (Å²) in [4.78, 5) is 26.3. The maximum atomic E-state index is 12.3. The van der Waals surface area contributed by atoms with Crippen LogP contribution in [0.2, 0.25) is 0 Å². The van der Waals surface area contributed by atoms with E-state index in [1.165, 1.54) is 4.90 Å². The van der Waals surface area contributed by atoms with E-state index in [0.29, 0.717) is 13.1 Å². The minimum Gasteiger partial charge on any atom is -0.480 e. The van der Waals surface area contributed by atoms with Crippen molar-refractivity contribution in [3.05, 3.63) is 0 Å². The summed E-state index contributed by atoms with van der Waals surface area (Å²) in [5.74, 6) is -1.51. The summed E-state index contributed by atoms with van der Waals surface area (Å²) >= 11 is 0. The van der Waals surface area contributed by atoms with Gasteiger partial charge in [0.15, 0.2) is 0 Å². The first-order chi connectivity index (χ1) is 9.41. The van der Waals surface area contributed by atoms with E-state index in [9.17, 15) is 14.7 Å². The summed E-state index contributed by atoms with van der Waals surface area (Å²) in [5, 5.41) is 19.1. The Labute approximate surface area is 120 Å². The molecule has 6 heteroatoms. The minimum atomic E-state index is -1.06. The number of carbonyl (C=O) groups is 2. The topological polar surface area (TPSA) is 81.1 Å². The molecule has 0 aliphatic heterocycles. The van der Waals surface area contributed by atoms with Gasteiger partial charge < -0.3 is 20.0 Å². The molecule has 1 saturated carbocycles. The van der Waals surface area contributed by atoms with Gasteiger partial charge in [0, 0.05) is 13.1 Å². The van der Waals surface area contributed by atoms with Gasteiger partial charge >= 0.3 is 5.97 Å². The third-order valence-corrected chi connectivity index (χ3v) is 3.80. The number of hydrogen-bond donors (Lipinski definition) is 2. The molecule has 0 heterocycles. The van der Waals surface area contributed by atoms with Gasteiger partial charge in [0.05, 0.1) is 0 Å². The fourth-order valence-corrected chi connectivity index (χ4v) is 2.59. The van der Waals surface area contributed by atoms with Gasteiger partial charge in [-0.3, -0.25) is 9.59 Å². The van der Waals surface area contributed by atoms with Crippen molar-refractivity contribution in [1.82, 2.24) is 9.80 Å². The zero-order chi connectivity index (χ0) is 15.1. The number of carboxylic acid groups (broad SMARTS) is 1. The summed E-state index contributed by atoms with van der Waals surface area (Å²) in [5.41, 5.74) is 0. The Kier molecular flexibility index (Phi) is 6.95. The quantitative estimate of drug-likeness (QED) is 0.708. The van der Waals surface area contributed by atoms with Gasteiger partial charge in [-0.05, 0) is 32.9 Å². The molecule has 0 spiro atoms. The van der Waals surface area contributed by atoms with E-state index in [2.05, 4.69) is 0 Å². The van der Waals surface area contributed by atoms with Gasteiger partial charge in [-0.25, -0.2) is 0 Å². The number of aliphatic hydroxyl groups excluding tert-OH is 1. The van der Waals surface area contributed by atoms with Crippen LogP contribution in [0.5, 0.6) is 0 Å². The molecule has 0 unspecified atom stereocenters. The Morgan fingerprint density at radius 1 is 1.15 bits per heavy atom. The van der Waals surface area contributed by atoms with Gasteiger partial charge in [0.2, 0.25) is 0 Å². The molecular formula is C14H26N2O4. The van der Waals surface area contributed by atoms with Crippen LogP contribution >= 0.6 is 0 Å². The molecule has 1 aliphatic rings. The van der Waals surface area contributed by atoms with Crippen molar-refractivity contribution in [3.63, 3.8) is 0 Å². The first-order valence-corrected chi connectivity index (χ1v) is 7.25. The fraction of sp³-hybridized carbons (Fsp3) is 0.857. The van der Waals surface area contributed by atoms with Crippen LogP contribution in [0.1, 0.15) is 32.1 Å². The Balaban J connectivity index is 2.61. The van der Waals surface area contributed by atoms with E-state index in [4.69, 9.17) is 5.11 Å². The number of carbonyl (C=O) groups excluding carboxylic acids is 1. The van der Waals surface area contributed by atoms with Gasteiger partial charge in [-0.1, -0.05) is 19.3 Å². The average molecular weight is 286 g/mol. The number of aliphatic hydroxyl groups is 1. The van der Waals surface area contributed by atoms with E-state index >= 15 is 0 Å². The van der Waals surface area contributed by atoms with Crippen molar-refractivity contribution in [2.45, 2.75) is 38.2 Å². The number of rotatable bonds is 7. The first kappa shape index (κ1) is 16.9. The lowest BCUT2D eigenvalue weighted by atomic mass is 9.85. The first-order valence-electron chi connectivity index (χ1n) is 7.25. The van der Waals surface area contributed by atoms with E-state index in [0.717, 1.165) is 32.1 Å². The Morgan fingerprint density at radius 2 is 1.75 bits per heavy atom. The highest BCUT2D eigenvalue weighted by Crippen LogP contribution is 2.27. The predicted octanol–water partition coefficient (Wildman–Crippen LogP) is 0.402. The fourth-order valence-electron chi connectivity index (χ4n) is 2.59. The predicted molar refractivity (Wildman–Crippen MR) is 75.4 cm³/mol. The number of carboxylic acids is 1. The third-order valence-electron chi connectivity index (χ3n) is 3.80. The maximum absolute atomic E-state index is 12.3. The molecule has 0 saturated heterocycles. The summed E-state index contributed by atoms with van der Waals surface area (Å²) in [6.07, 6.45) is 3.86. The van der Waals surface area contributed by atoms with Crippen LogP contribution in [0, 0.1) is 5.92 Å². The normalized spacial score (nSPS) is 18.0. The Bertz CT molecular complexity index is 327. The van der Waals surface area contributed by atoms with Crippen molar-refractivity contribution in [2.75, 3.05) is 33.7 Å². The molecule has 0 radical (unpaired) electrons. The van der Waals surface area contributed by atoms with Crippen LogP contribution in [-0.4, -0.2) is 71.7 Å². The number of hydrogen-bond acceptors (Lipinski definition) is 4. The molecule has 0 bridgehead atoms. The highest BCUT2D eigenvalue weighted by molar-refractivity contribution is 5.84. The number of likely N-dealkylation sites (N-methyl/N-ethyl adjacent to an activating group) is 1. The summed E-state index contributed by atoms with van der Waals surface area (Å²) in [7, 11) is 3.72. The average Bonchev–Trinajstić information content (AvgIpc) is 2.42. The SMILES string of the molecule is CN(C)CCN(CC(=O)O)C(=O)[C@H](O)C1CCCCC1. The Hall–Kier alpha value is -1.14. The zero-order valence-corrected chi connectivity index (χ0v) is 12.4. The van der Waals surface area contributed by atoms with Crippen LogP contribution in [-0.2, 0) is 9.59 Å². The maximum Gasteiger partial charge on any atom is 0.323 e. The van der Waals surface area contributed by atoms with E-state index in [-0.39, 0.29) is 12.5 Å². The molecule has 1 rings (SSSR count). The van der Waals surface area contributed by atoms with Crippen molar-refractivity contribution in [2.24, 2.45) is 5.92 Å². The molecule has 2 N–H and O–H groups in total. The standard InChI is InChI=1S/C14H26N2O4/c1-15(2)8-9-16(10-12(17)18)14(20)13(19)11-6-4-3-5-7-11/h11,13,19H,3-10H2,1-2H3,(H,17,18)/t13-/m1/s1. The van der Waals surface area contributed by atoms with Crippen molar-refractivity contribution in [3.8, 4) is 0 Å². The molecular weight excluding hydrogens is 260 g/mol. The Morgan fingerprint density at radius 3 is 2.25 bits per heavy atom. The van der Waals surface area contributed by atoms with Crippen molar-refractivity contribution < 1.29 is 19.8 Å². The lowest BCUT2D eigenvalue weighted by molar-refractivity contribution is -0.151. The molecule has 0 aromatic carbocycles. The number of nitrogens with zero attached hydrogens (tertiary/aromatic N) is 2. The molecule has 1 amide bonds. The molecule has 1 atom stereocenters. The van der Waals surface area contributed by atoms with E-state index < -0.39 is 18.0 Å². The summed E-state index contributed by atoms with van der Waals surface area (Å²) < 4.78 is 0. The van der Waals surface area contributed by atoms with Crippen LogP contribution in [0.3, 0.4) is 0 Å². The van der Waals surface area contributed by atoms with Crippen molar-refractivity contribution >= 4 is 11.9 Å². The van der Waals surface area contributed by atoms with Gasteiger partial charge in [0.1, 0.15) is 12.6 Å². The number of amides is 1. The molecule has 0 aromatic heterocycles. The van der Waals surface area contributed by atoms with E-state index in [1.54, 1.807) is 0 Å². The lowest BCUT2D eigenvalue weighted by Crippen LogP contribution is -2.47. The highest BCUT2D eigenvalue weighted by atomic mass is 16.4. The minimum absolute atomic E-state index is 0.0214. The van der Waals surface area contributed by atoms with Crippen LogP contribution in [0.15, 0.2) is 0 Å². The monoisotopic (exact) mass is 286 g/mol. The summed E-state index contributed by atoms with van der Waals surface area (Å²) in [6.45, 7) is 0.550. The molecule has 0 aromatic rings. The number of aliphatic carboxylic acids is 1. The molecule has 116 valence electrons. The largest absolute Gasteiger partial charge is 0.480 e. The second-order valence-electron chi connectivity index (χ2n) is 5.80. The molecule has 1 aliphatic carbocycles. The van der Waals surface area contributed by atoms with Gasteiger partial charge in [0.25, 0.3) is 5.91 Å². The highest BCUT2D eigenvalue weighted by Gasteiger charge is 2.31. The zero-order valence-electron chi connectivity index (χ0n) is 12.4. The second-order valence-corrected chi connectivity index (χ2v) is 5.80. The molecule has 6 nitrogen and oxygen atoms in total. The molecule has 1 fully saturated rings. The van der Waals surface area contributed by atoms with Gasteiger partial charge in [-0.2, -0.15) is 0 Å². The third kappa shape index (κ3) is 5.46. The second kappa shape index (κ2) is 8.21. The molecule has 20 heavy (non-hydrogen) atoms.